The molecule has 1 aliphatic carbocycles. The van der Waals surface area contributed by atoms with Crippen LogP contribution < -0.4 is 10.6 Å². The molecule has 0 spiro atoms. The zero-order valence-corrected chi connectivity index (χ0v) is 16.3. The van der Waals surface area contributed by atoms with Crippen LogP contribution in [0.15, 0.2) is 23.6 Å². The van der Waals surface area contributed by atoms with Crippen molar-refractivity contribution in [2.45, 2.75) is 32.1 Å². The minimum Gasteiger partial charge on any atom is -0.469 e. The van der Waals surface area contributed by atoms with E-state index < -0.39 is 0 Å². The van der Waals surface area contributed by atoms with Crippen molar-refractivity contribution in [3.63, 3.8) is 0 Å². The van der Waals surface area contributed by atoms with Crippen molar-refractivity contribution in [2.24, 2.45) is 11.8 Å². The van der Waals surface area contributed by atoms with Crippen LogP contribution in [0, 0.1) is 11.8 Å². The molecule has 2 unspecified atom stereocenters. The summed E-state index contributed by atoms with van der Waals surface area (Å²) in [4.78, 5) is 40.3. The van der Waals surface area contributed by atoms with Gasteiger partial charge in [-0.05, 0) is 43.4 Å². The fourth-order valence-corrected chi connectivity index (χ4v) is 4.37. The molecule has 1 saturated carbocycles. The van der Waals surface area contributed by atoms with Gasteiger partial charge < -0.3 is 15.4 Å². The lowest BCUT2D eigenvalue weighted by atomic mass is 9.73. The average Bonchev–Trinajstić information content (AvgIpc) is 3.01. The molecule has 2 atom stereocenters. The quantitative estimate of drug-likeness (QED) is 0.770. The maximum atomic E-state index is 12.4. The van der Waals surface area contributed by atoms with E-state index in [1.165, 1.54) is 18.4 Å². The molecule has 8 heteroatoms. The van der Waals surface area contributed by atoms with Gasteiger partial charge in [0.25, 0.3) is 0 Å². The maximum Gasteiger partial charge on any atom is 0.309 e. The summed E-state index contributed by atoms with van der Waals surface area (Å²) in [5.41, 5.74) is 3.67. The Bertz CT molecular complexity index is 939. The zero-order valence-electron chi connectivity index (χ0n) is 15.5. The second-order valence-corrected chi connectivity index (χ2v) is 7.97. The Balaban J connectivity index is 1.46. The molecule has 1 aliphatic heterocycles. The van der Waals surface area contributed by atoms with Gasteiger partial charge in [-0.1, -0.05) is 6.07 Å². The van der Waals surface area contributed by atoms with Crippen LogP contribution in [0.5, 0.6) is 0 Å². The molecular weight excluding hydrogens is 378 g/mol. The SMILES string of the molecule is COC(=O)C1CCC1C(=O)Nc1nc(-c2ccc3c(c2)CCCC(=O)N3)cs1. The first-order valence-electron chi connectivity index (χ1n) is 9.32. The van der Waals surface area contributed by atoms with Crippen LogP contribution in [-0.2, 0) is 25.5 Å². The van der Waals surface area contributed by atoms with Crippen molar-refractivity contribution in [1.82, 2.24) is 4.98 Å². The van der Waals surface area contributed by atoms with Crippen LogP contribution in [0.2, 0.25) is 0 Å². The Morgan fingerprint density at radius 2 is 2.07 bits per heavy atom. The molecule has 146 valence electrons. The second kappa shape index (κ2) is 7.71. The van der Waals surface area contributed by atoms with Gasteiger partial charge in [-0.15, -0.1) is 11.3 Å². The molecule has 2 amide bonds. The highest BCUT2D eigenvalue weighted by molar-refractivity contribution is 7.14. The summed E-state index contributed by atoms with van der Waals surface area (Å²) in [6, 6.07) is 5.87. The number of hydrogen-bond acceptors (Lipinski definition) is 6. The van der Waals surface area contributed by atoms with Gasteiger partial charge in [-0.3, -0.25) is 14.4 Å². The van der Waals surface area contributed by atoms with Gasteiger partial charge >= 0.3 is 5.97 Å². The van der Waals surface area contributed by atoms with Crippen LogP contribution >= 0.6 is 11.3 Å². The highest BCUT2D eigenvalue weighted by Gasteiger charge is 2.42. The first kappa shape index (κ1) is 18.6. The Morgan fingerprint density at radius 3 is 2.82 bits per heavy atom. The lowest BCUT2D eigenvalue weighted by molar-refractivity contribution is -0.154. The number of aryl methyl sites for hydroxylation is 1. The maximum absolute atomic E-state index is 12.4. The molecule has 2 N–H and O–H groups in total. The van der Waals surface area contributed by atoms with Crippen molar-refractivity contribution < 1.29 is 19.1 Å². The third kappa shape index (κ3) is 3.64. The smallest absolute Gasteiger partial charge is 0.309 e. The molecule has 1 aromatic carbocycles. The number of esters is 1. The molecule has 4 rings (SSSR count). The Labute approximate surface area is 166 Å². The van der Waals surface area contributed by atoms with Crippen molar-refractivity contribution >= 4 is 39.9 Å². The normalized spacial score (nSPS) is 21.0. The van der Waals surface area contributed by atoms with Gasteiger partial charge in [0, 0.05) is 23.1 Å². The van der Waals surface area contributed by atoms with E-state index in [0.717, 1.165) is 35.3 Å². The van der Waals surface area contributed by atoms with E-state index in [1.807, 2.05) is 23.6 Å². The van der Waals surface area contributed by atoms with Crippen LogP contribution in [0.4, 0.5) is 10.8 Å². The average molecular weight is 399 g/mol. The number of rotatable bonds is 4. The van der Waals surface area contributed by atoms with E-state index in [0.29, 0.717) is 24.4 Å². The number of carbonyl (C=O) groups is 3. The molecule has 2 aromatic rings. The lowest BCUT2D eigenvalue weighted by Crippen LogP contribution is -2.41. The molecule has 28 heavy (non-hydrogen) atoms. The third-order valence-corrected chi connectivity index (χ3v) is 6.13. The number of thiazole rings is 1. The molecule has 2 heterocycles. The number of nitrogens with zero attached hydrogens (tertiary/aromatic N) is 1. The molecule has 0 bridgehead atoms. The molecule has 2 aliphatic rings. The molecule has 1 aromatic heterocycles. The third-order valence-electron chi connectivity index (χ3n) is 5.37. The van der Waals surface area contributed by atoms with Gasteiger partial charge in [-0.25, -0.2) is 4.98 Å². The van der Waals surface area contributed by atoms with Gasteiger partial charge in [0.15, 0.2) is 5.13 Å². The standard InChI is InChI=1S/C20H21N3O4S/c1-27-19(26)14-7-6-13(14)18(25)23-20-22-16(10-28-20)12-5-8-15-11(9-12)3-2-4-17(24)21-15/h5,8-10,13-14H,2-4,6-7H2,1H3,(H,21,24)(H,22,23,25). The van der Waals surface area contributed by atoms with Crippen LogP contribution in [0.3, 0.4) is 0 Å². The molecule has 0 saturated heterocycles. The number of nitrogens with one attached hydrogen (secondary N) is 2. The lowest BCUT2D eigenvalue weighted by Gasteiger charge is -2.32. The van der Waals surface area contributed by atoms with Crippen LogP contribution in [0.25, 0.3) is 11.3 Å². The Morgan fingerprint density at radius 1 is 1.25 bits per heavy atom. The van der Waals surface area contributed by atoms with Crippen molar-refractivity contribution in [3.05, 3.63) is 29.1 Å². The summed E-state index contributed by atoms with van der Waals surface area (Å²) in [6.07, 6.45) is 3.56. The predicted molar refractivity (Wildman–Crippen MR) is 106 cm³/mol. The zero-order chi connectivity index (χ0) is 19.7. The first-order valence-corrected chi connectivity index (χ1v) is 10.2. The Kier molecular flexibility index (Phi) is 5.13. The summed E-state index contributed by atoms with van der Waals surface area (Å²) in [5.74, 6) is -1.18. The Hall–Kier alpha value is -2.74. The van der Waals surface area contributed by atoms with Gasteiger partial charge in [0.05, 0.1) is 24.6 Å². The minimum absolute atomic E-state index is 0.0476. The summed E-state index contributed by atoms with van der Waals surface area (Å²) in [7, 11) is 1.34. The van der Waals surface area contributed by atoms with Crippen LogP contribution in [0.1, 0.15) is 31.2 Å². The van der Waals surface area contributed by atoms with Crippen molar-refractivity contribution in [1.29, 1.82) is 0 Å². The van der Waals surface area contributed by atoms with E-state index in [2.05, 4.69) is 15.6 Å². The summed E-state index contributed by atoms with van der Waals surface area (Å²) in [6.45, 7) is 0. The monoisotopic (exact) mass is 399 g/mol. The molecule has 0 radical (unpaired) electrons. The second-order valence-electron chi connectivity index (χ2n) is 7.11. The fourth-order valence-electron chi connectivity index (χ4n) is 3.64. The molecule has 1 fully saturated rings. The minimum atomic E-state index is -0.357. The van der Waals surface area contributed by atoms with E-state index in [1.54, 1.807) is 0 Å². The first-order chi connectivity index (χ1) is 13.5. The number of benzene rings is 1. The van der Waals surface area contributed by atoms with Crippen molar-refractivity contribution in [3.8, 4) is 11.3 Å². The number of anilines is 2. The fraction of sp³-hybridized carbons (Fsp3) is 0.400. The summed E-state index contributed by atoms with van der Waals surface area (Å²) in [5, 5.41) is 8.16. The topological polar surface area (TPSA) is 97.4 Å². The highest BCUT2D eigenvalue weighted by atomic mass is 32.1. The number of fused-ring (bicyclic) bond motifs is 1. The number of aromatic nitrogens is 1. The number of methoxy groups -OCH3 is 1. The van der Waals surface area contributed by atoms with Gasteiger partial charge in [0.1, 0.15) is 0 Å². The van der Waals surface area contributed by atoms with Gasteiger partial charge in [-0.2, -0.15) is 0 Å². The van der Waals surface area contributed by atoms with E-state index in [4.69, 9.17) is 4.74 Å². The number of carbonyl (C=O) groups excluding carboxylic acids is 3. The van der Waals surface area contributed by atoms with E-state index >= 15 is 0 Å². The predicted octanol–water partition coefficient (Wildman–Crippen LogP) is 3.22. The number of ether oxygens (including phenoxy) is 1. The van der Waals surface area contributed by atoms with E-state index in [-0.39, 0.29) is 29.6 Å². The number of amides is 2. The summed E-state index contributed by atoms with van der Waals surface area (Å²) < 4.78 is 4.75. The van der Waals surface area contributed by atoms with Crippen molar-refractivity contribution in [2.75, 3.05) is 17.7 Å². The summed E-state index contributed by atoms with van der Waals surface area (Å²) >= 11 is 1.35. The molecular formula is C20H21N3O4S. The number of hydrogen-bond donors (Lipinski definition) is 2. The highest BCUT2D eigenvalue weighted by Crippen LogP contribution is 2.37. The largest absolute Gasteiger partial charge is 0.469 e. The molecule has 7 nitrogen and oxygen atoms in total. The van der Waals surface area contributed by atoms with Gasteiger partial charge in [0.2, 0.25) is 11.8 Å². The van der Waals surface area contributed by atoms with E-state index in [9.17, 15) is 14.4 Å². The van der Waals surface area contributed by atoms with Crippen LogP contribution in [-0.4, -0.2) is 29.9 Å².